The SMILES string of the molecule is CCC[C@]1(O)CO[C@H](CO)CN(C(=O)OC(C)(C)C)C1. The van der Waals surface area contributed by atoms with Gasteiger partial charge in [0.25, 0.3) is 0 Å². The second-order valence-corrected chi connectivity index (χ2v) is 6.45. The van der Waals surface area contributed by atoms with Crippen molar-refractivity contribution in [2.75, 3.05) is 26.3 Å². The average Bonchev–Trinajstić information content (AvgIpc) is 2.47. The van der Waals surface area contributed by atoms with E-state index < -0.39 is 23.4 Å². The summed E-state index contributed by atoms with van der Waals surface area (Å²) in [6.45, 7) is 7.64. The van der Waals surface area contributed by atoms with Crippen molar-refractivity contribution in [1.82, 2.24) is 4.90 Å². The van der Waals surface area contributed by atoms with Gasteiger partial charge in [0, 0.05) is 0 Å². The molecule has 1 aliphatic heterocycles. The first kappa shape index (κ1) is 17.2. The Kier molecular flexibility index (Phi) is 5.79. The first-order valence-corrected chi connectivity index (χ1v) is 7.12. The van der Waals surface area contributed by atoms with Crippen LogP contribution in [-0.2, 0) is 9.47 Å². The molecule has 0 aromatic carbocycles. The van der Waals surface area contributed by atoms with Crippen molar-refractivity contribution in [2.24, 2.45) is 0 Å². The molecule has 0 aliphatic carbocycles. The topological polar surface area (TPSA) is 79.2 Å². The summed E-state index contributed by atoms with van der Waals surface area (Å²) < 4.78 is 10.8. The number of hydrogen-bond donors (Lipinski definition) is 2. The van der Waals surface area contributed by atoms with Crippen molar-refractivity contribution < 1.29 is 24.5 Å². The van der Waals surface area contributed by atoms with Gasteiger partial charge in [0.1, 0.15) is 11.2 Å². The van der Waals surface area contributed by atoms with Gasteiger partial charge in [-0.25, -0.2) is 4.79 Å². The van der Waals surface area contributed by atoms with Crippen LogP contribution in [0.15, 0.2) is 0 Å². The summed E-state index contributed by atoms with van der Waals surface area (Å²) >= 11 is 0. The maximum atomic E-state index is 12.2. The highest BCUT2D eigenvalue weighted by atomic mass is 16.6. The van der Waals surface area contributed by atoms with E-state index in [2.05, 4.69) is 0 Å². The predicted octanol–water partition coefficient (Wildman–Crippen LogP) is 1.15. The number of ether oxygens (including phenoxy) is 2. The predicted molar refractivity (Wildman–Crippen MR) is 74.5 cm³/mol. The van der Waals surface area contributed by atoms with Crippen LogP contribution in [0.4, 0.5) is 4.79 Å². The lowest BCUT2D eigenvalue weighted by molar-refractivity contribution is -0.0680. The van der Waals surface area contributed by atoms with Crippen molar-refractivity contribution >= 4 is 6.09 Å². The molecule has 0 aromatic rings. The fraction of sp³-hybridized carbons (Fsp3) is 0.929. The van der Waals surface area contributed by atoms with Crippen molar-refractivity contribution in [1.29, 1.82) is 0 Å². The normalized spacial score (nSPS) is 28.1. The van der Waals surface area contributed by atoms with Crippen LogP contribution in [-0.4, -0.2) is 64.8 Å². The molecule has 1 aliphatic rings. The molecule has 0 aromatic heterocycles. The molecule has 0 spiro atoms. The van der Waals surface area contributed by atoms with Gasteiger partial charge in [-0.15, -0.1) is 0 Å². The number of carbonyl (C=O) groups excluding carboxylic acids is 1. The Morgan fingerprint density at radius 2 is 2.15 bits per heavy atom. The van der Waals surface area contributed by atoms with E-state index in [1.54, 1.807) is 20.8 Å². The van der Waals surface area contributed by atoms with Crippen LogP contribution < -0.4 is 0 Å². The number of carbonyl (C=O) groups is 1. The van der Waals surface area contributed by atoms with Crippen LogP contribution in [0.25, 0.3) is 0 Å². The molecule has 1 amide bonds. The van der Waals surface area contributed by atoms with Crippen LogP contribution in [0.2, 0.25) is 0 Å². The highest BCUT2D eigenvalue weighted by Crippen LogP contribution is 2.22. The third-order valence-corrected chi connectivity index (χ3v) is 3.07. The summed E-state index contributed by atoms with van der Waals surface area (Å²) in [6, 6.07) is 0. The van der Waals surface area contributed by atoms with Gasteiger partial charge in [-0.05, 0) is 27.2 Å². The van der Waals surface area contributed by atoms with Crippen LogP contribution in [0.5, 0.6) is 0 Å². The summed E-state index contributed by atoms with van der Waals surface area (Å²) in [4.78, 5) is 13.6. The van der Waals surface area contributed by atoms with E-state index in [0.717, 1.165) is 6.42 Å². The van der Waals surface area contributed by atoms with Crippen LogP contribution >= 0.6 is 0 Å². The first-order chi connectivity index (χ1) is 9.19. The summed E-state index contributed by atoms with van der Waals surface area (Å²) in [5.74, 6) is 0. The summed E-state index contributed by atoms with van der Waals surface area (Å²) in [5.41, 5.74) is -1.68. The molecule has 1 fully saturated rings. The Bertz CT molecular complexity index is 328. The summed E-state index contributed by atoms with van der Waals surface area (Å²) in [5, 5.41) is 19.8. The van der Waals surface area contributed by atoms with Gasteiger partial charge in [-0.3, -0.25) is 0 Å². The number of rotatable bonds is 3. The Morgan fingerprint density at radius 3 is 2.65 bits per heavy atom. The average molecular weight is 289 g/mol. The minimum absolute atomic E-state index is 0.116. The Morgan fingerprint density at radius 1 is 1.50 bits per heavy atom. The lowest BCUT2D eigenvalue weighted by Crippen LogP contribution is -2.48. The van der Waals surface area contributed by atoms with Crippen molar-refractivity contribution in [2.45, 2.75) is 57.8 Å². The van der Waals surface area contributed by atoms with Gasteiger partial charge in [0.15, 0.2) is 0 Å². The molecule has 0 saturated carbocycles. The van der Waals surface area contributed by atoms with E-state index in [1.807, 2.05) is 6.92 Å². The molecule has 6 heteroatoms. The van der Waals surface area contributed by atoms with Gasteiger partial charge < -0.3 is 24.6 Å². The molecule has 118 valence electrons. The second kappa shape index (κ2) is 6.74. The maximum absolute atomic E-state index is 12.2. The van der Waals surface area contributed by atoms with Crippen LogP contribution in [0.3, 0.4) is 0 Å². The smallest absolute Gasteiger partial charge is 0.410 e. The van der Waals surface area contributed by atoms with E-state index in [9.17, 15) is 15.0 Å². The molecule has 2 atom stereocenters. The van der Waals surface area contributed by atoms with Gasteiger partial charge in [0.05, 0.1) is 32.4 Å². The monoisotopic (exact) mass is 289 g/mol. The van der Waals surface area contributed by atoms with E-state index in [1.165, 1.54) is 4.90 Å². The van der Waals surface area contributed by atoms with Crippen LogP contribution in [0.1, 0.15) is 40.5 Å². The molecule has 0 radical (unpaired) electrons. The highest BCUT2D eigenvalue weighted by molar-refractivity contribution is 5.68. The molecule has 1 heterocycles. The van der Waals surface area contributed by atoms with E-state index >= 15 is 0 Å². The number of nitrogens with zero attached hydrogens (tertiary/aromatic N) is 1. The number of amides is 1. The highest BCUT2D eigenvalue weighted by Gasteiger charge is 2.37. The third kappa shape index (κ3) is 5.26. The first-order valence-electron chi connectivity index (χ1n) is 7.12. The minimum atomic E-state index is -1.09. The summed E-state index contributed by atoms with van der Waals surface area (Å²) in [7, 11) is 0. The molecule has 1 rings (SSSR count). The van der Waals surface area contributed by atoms with Crippen LogP contribution in [0, 0.1) is 0 Å². The lowest BCUT2D eigenvalue weighted by atomic mass is 9.99. The second-order valence-electron chi connectivity index (χ2n) is 6.45. The van der Waals surface area contributed by atoms with E-state index in [-0.39, 0.29) is 26.3 Å². The van der Waals surface area contributed by atoms with Crippen molar-refractivity contribution in [3.63, 3.8) is 0 Å². The zero-order valence-electron chi connectivity index (χ0n) is 12.9. The number of hydrogen-bond acceptors (Lipinski definition) is 5. The zero-order chi connectivity index (χ0) is 15.4. The zero-order valence-corrected chi connectivity index (χ0v) is 12.9. The Labute approximate surface area is 120 Å². The molecule has 0 unspecified atom stereocenters. The fourth-order valence-electron chi connectivity index (χ4n) is 2.23. The van der Waals surface area contributed by atoms with Gasteiger partial charge in [-0.2, -0.15) is 0 Å². The Hall–Kier alpha value is -0.850. The third-order valence-electron chi connectivity index (χ3n) is 3.07. The van der Waals surface area contributed by atoms with Crippen molar-refractivity contribution in [3.05, 3.63) is 0 Å². The molecule has 6 nitrogen and oxygen atoms in total. The fourth-order valence-corrected chi connectivity index (χ4v) is 2.23. The van der Waals surface area contributed by atoms with Gasteiger partial charge >= 0.3 is 6.09 Å². The maximum Gasteiger partial charge on any atom is 0.410 e. The Balaban J connectivity index is 2.81. The number of β-amino-alcohol motifs (C(OH)–C–C–N with tert-alkyl or cyclic N) is 1. The van der Waals surface area contributed by atoms with Gasteiger partial charge in [0.2, 0.25) is 0 Å². The standard InChI is InChI=1S/C14H27NO5/c1-5-6-14(18)9-15(7-11(8-16)19-10-14)12(17)20-13(2,3)4/h11,16,18H,5-10H2,1-4H3/t11-,14+/m0/s1. The minimum Gasteiger partial charge on any atom is -0.444 e. The van der Waals surface area contributed by atoms with E-state index in [0.29, 0.717) is 6.42 Å². The molecular weight excluding hydrogens is 262 g/mol. The quantitative estimate of drug-likeness (QED) is 0.814. The van der Waals surface area contributed by atoms with Crippen molar-refractivity contribution in [3.8, 4) is 0 Å². The lowest BCUT2D eigenvalue weighted by Gasteiger charge is -2.32. The summed E-state index contributed by atoms with van der Waals surface area (Å²) in [6.07, 6.45) is 0.334. The largest absolute Gasteiger partial charge is 0.444 e. The molecule has 1 saturated heterocycles. The molecule has 2 N–H and O–H groups in total. The number of aliphatic hydroxyl groups is 2. The van der Waals surface area contributed by atoms with E-state index in [4.69, 9.17) is 9.47 Å². The molecule has 0 bridgehead atoms. The molecule has 20 heavy (non-hydrogen) atoms. The molecular formula is C14H27NO5. The number of aliphatic hydroxyl groups excluding tert-OH is 1. The van der Waals surface area contributed by atoms with Gasteiger partial charge in [-0.1, -0.05) is 13.3 Å².